The predicted octanol–water partition coefficient (Wildman–Crippen LogP) is 3.69. The molecule has 0 spiro atoms. The highest BCUT2D eigenvalue weighted by Crippen LogP contribution is 2.29. The van der Waals surface area contributed by atoms with Crippen molar-refractivity contribution in [3.05, 3.63) is 29.3 Å². The normalized spacial score (nSPS) is 19.0. The van der Waals surface area contributed by atoms with Crippen LogP contribution in [-0.2, 0) is 12.8 Å². The van der Waals surface area contributed by atoms with Crippen molar-refractivity contribution in [2.75, 3.05) is 6.67 Å². The summed E-state index contributed by atoms with van der Waals surface area (Å²) in [6.07, 6.45) is 4.88. The van der Waals surface area contributed by atoms with Crippen LogP contribution in [0.2, 0.25) is 0 Å². The summed E-state index contributed by atoms with van der Waals surface area (Å²) in [5.41, 5.74) is 2.68. The lowest BCUT2D eigenvalue weighted by Gasteiger charge is -2.25. The van der Waals surface area contributed by atoms with Gasteiger partial charge in [-0.05, 0) is 36.5 Å². The Balaban J connectivity index is 2.09. The summed E-state index contributed by atoms with van der Waals surface area (Å²) in [6, 6.07) is 6.41. The van der Waals surface area contributed by atoms with Crippen LogP contribution < -0.4 is 4.74 Å². The molecule has 0 amide bonds. The van der Waals surface area contributed by atoms with E-state index in [1.807, 2.05) is 6.07 Å². The van der Waals surface area contributed by atoms with Crippen LogP contribution in [0, 0.1) is 0 Å². The summed E-state index contributed by atoms with van der Waals surface area (Å²) >= 11 is 0. The molecule has 1 atom stereocenters. The van der Waals surface area contributed by atoms with Crippen molar-refractivity contribution in [2.24, 2.45) is 0 Å². The maximum absolute atomic E-state index is 12.2. The average Bonchev–Trinajstić information content (AvgIpc) is 2.30. The maximum atomic E-state index is 12.2. The van der Waals surface area contributed by atoms with Gasteiger partial charge in [0, 0.05) is 6.42 Å². The van der Waals surface area contributed by atoms with E-state index in [1.54, 1.807) is 0 Å². The van der Waals surface area contributed by atoms with Gasteiger partial charge in [0.25, 0.3) is 0 Å². The molecule has 2 rings (SSSR count). The van der Waals surface area contributed by atoms with Gasteiger partial charge in [-0.1, -0.05) is 25.5 Å². The van der Waals surface area contributed by atoms with Gasteiger partial charge in [-0.3, -0.25) is 4.39 Å². The van der Waals surface area contributed by atoms with Crippen molar-refractivity contribution >= 4 is 0 Å². The van der Waals surface area contributed by atoms with Crippen molar-refractivity contribution < 1.29 is 9.13 Å². The summed E-state index contributed by atoms with van der Waals surface area (Å²) in [5.74, 6) is 0.963. The van der Waals surface area contributed by atoms with Gasteiger partial charge in [0.2, 0.25) is 0 Å². The number of halogens is 1. The Kier molecular flexibility index (Phi) is 3.81. The molecular weight excluding hydrogens is 203 g/mol. The largest absolute Gasteiger partial charge is 0.490 e. The van der Waals surface area contributed by atoms with Crippen molar-refractivity contribution in [3.63, 3.8) is 0 Å². The molecule has 16 heavy (non-hydrogen) atoms. The second-order valence-electron chi connectivity index (χ2n) is 4.45. The Morgan fingerprint density at radius 3 is 3.06 bits per heavy atom. The number of alkyl halides is 1. The number of hydrogen-bond acceptors (Lipinski definition) is 1. The van der Waals surface area contributed by atoms with Crippen LogP contribution in [0.4, 0.5) is 4.39 Å². The summed E-state index contributed by atoms with van der Waals surface area (Å²) < 4.78 is 18.0. The van der Waals surface area contributed by atoms with E-state index in [0.29, 0.717) is 6.42 Å². The minimum absolute atomic E-state index is 0.0783. The molecule has 0 aromatic heterocycles. The predicted molar refractivity (Wildman–Crippen MR) is 63.8 cm³/mol. The molecule has 1 aliphatic heterocycles. The number of aryl methyl sites for hydroxylation is 2. The zero-order valence-corrected chi connectivity index (χ0v) is 9.84. The van der Waals surface area contributed by atoms with Crippen LogP contribution in [0.1, 0.15) is 37.3 Å². The van der Waals surface area contributed by atoms with E-state index < -0.39 is 0 Å². The van der Waals surface area contributed by atoms with E-state index in [4.69, 9.17) is 4.74 Å². The zero-order valence-electron chi connectivity index (χ0n) is 9.84. The third kappa shape index (κ3) is 2.55. The first-order valence-corrected chi connectivity index (χ1v) is 6.18. The highest BCUT2D eigenvalue weighted by Gasteiger charge is 2.19. The Morgan fingerprint density at radius 2 is 2.31 bits per heavy atom. The minimum Gasteiger partial charge on any atom is -0.490 e. The van der Waals surface area contributed by atoms with Crippen molar-refractivity contribution in [1.82, 2.24) is 0 Å². The molecule has 0 saturated carbocycles. The average molecular weight is 222 g/mol. The third-order valence-corrected chi connectivity index (χ3v) is 3.12. The third-order valence-electron chi connectivity index (χ3n) is 3.12. The van der Waals surface area contributed by atoms with Gasteiger partial charge >= 0.3 is 0 Å². The monoisotopic (exact) mass is 222 g/mol. The minimum atomic E-state index is -0.284. The first kappa shape index (κ1) is 11.4. The summed E-state index contributed by atoms with van der Waals surface area (Å²) in [5, 5.41) is 0. The summed E-state index contributed by atoms with van der Waals surface area (Å²) in [7, 11) is 0. The molecule has 1 aromatic rings. The van der Waals surface area contributed by atoms with E-state index in [9.17, 15) is 4.39 Å². The Morgan fingerprint density at radius 1 is 1.44 bits per heavy atom. The SMILES string of the molecule is CCCc1ccc2c(c1)CCC(CCF)O2. The molecule has 0 bridgehead atoms. The lowest BCUT2D eigenvalue weighted by molar-refractivity contribution is 0.153. The first-order chi connectivity index (χ1) is 7.83. The van der Waals surface area contributed by atoms with E-state index >= 15 is 0 Å². The molecule has 1 aliphatic rings. The molecule has 0 N–H and O–H groups in total. The quantitative estimate of drug-likeness (QED) is 0.755. The van der Waals surface area contributed by atoms with Gasteiger partial charge in [-0.25, -0.2) is 0 Å². The standard InChI is InChI=1S/C14H19FO/c1-2-3-11-4-7-14-12(10-11)5-6-13(16-14)8-9-15/h4,7,10,13H,2-3,5-6,8-9H2,1H3. The molecule has 0 fully saturated rings. The first-order valence-electron chi connectivity index (χ1n) is 6.18. The summed E-state index contributed by atoms with van der Waals surface area (Å²) in [4.78, 5) is 0. The van der Waals surface area contributed by atoms with Gasteiger partial charge in [0.05, 0.1) is 6.67 Å². The molecule has 1 heterocycles. The second-order valence-corrected chi connectivity index (χ2v) is 4.45. The lowest BCUT2D eigenvalue weighted by atomic mass is 9.97. The number of benzene rings is 1. The topological polar surface area (TPSA) is 9.23 Å². The summed E-state index contributed by atoms with van der Waals surface area (Å²) in [6.45, 7) is 1.90. The van der Waals surface area contributed by atoms with Crippen molar-refractivity contribution in [3.8, 4) is 5.75 Å². The highest BCUT2D eigenvalue weighted by atomic mass is 19.1. The van der Waals surface area contributed by atoms with Gasteiger partial charge in [-0.2, -0.15) is 0 Å². The van der Waals surface area contributed by atoms with Gasteiger partial charge < -0.3 is 4.74 Å². The van der Waals surface area contributed by atoms with Crippen molar-refractivity contribution in [1.29, 1.82) is 0 Å². The van der Waals surface area contributed by atoms with Gasteiger partial charge in [0.15, 0.2) is 0 Å². The molecular formula is C14H19FO. The highest BCUT2D eigenvalue weighted by molar-refractivity contribution is 5.39. The number of fused-ring (bicyclic) bond motifs is 1. The van der Waals surface area contributed by atoms with Crippen LogP contribution >= 0.6 is 0 Å². The van der Waals surface area contributed by atoms with Crippen LogP contribution in [0.15, 0.2) is 18.2 Å². The molecule has 0 saturated heterocycles. The molecule has 88 valence electrons. The maximum Gasteiger partial charge on any atom is 0.122 e. The molecule has 1 unspecified atom stereocenters. The van der Waals surface area contributed by atoms with Crippen LogP contribution in [0.3, 0.4) is 0 Å². The smallest absolute Gasteiger partial charge is 0.122 e. The number of rotatable bonds is 4. The Hall–Kier alpha value is -1.05. The van der Waals surface area contributed by atoms with Gasteiger partial charge in [-0.15, -0.1) is 0 Å². The van der Waals surface area contributed by atoms with E-state index in [0.717, 1.165) is 25.0 Å². The van der Waals surface area contributed by atoms with Crippen LogP contribution in [-0.4, -0.2) is 12.8 Å². The van der Waals surface area contributed by atoms with Gasteiger partial charge in [0.1, 0.15) is 11.9 Å². The molecule has 0 radical (unpaired) electrons. The Labute approximate surface area is 96.6 Å². The van der Waals surface area contributed by atoms with Crippen LogP contribution in [0.25, 0.3) is 0 Å². The second kappa shape index (κ2) is 5.33. The zero-order chi connectivity index (χ0) is 11.4. The number of ether oxygens (including phenoxy) is 1. The Bertz CT molecular complexity index is 349. The number of hydrogen-bond donors (Lipinski definition) is 0. The lowest BCUT2D eigenvalue weighted by Crippen LogP contribution is -2.23. The molecule has 2 heteroatoms. The molecule has 1 nitrogen and oxygen atoms in total. The molecule has 1 aromatic carbocycles. The molecule has 0 aliphatic carbocycles. The van der Waals surface area contributed by atoms with Crippen LogP contribution in [0.5, 0.6) is 5.75 Å². The van der Waals surface area contributed by atoms with E-state index in [2.05, 4.69) is 19.1 Å². The van der Waals surface area contributed by atoms with E-state index in [1.165, 1.54) is 17.5 Å². The fourth-order valence-corrected chi connectivity index (χ4v) is 2.27. The van der Waals surface area contributed by atoms with E-state index in [-0.39, 0.29) is 12.8 Å². The van der Waals surface area contributed by atoms with Crippen molar-refractivity contribution in [2.45, 2.75) is 45.1 Å². The fraction of sp³-hybridized carbons (Fsp3) is 0.571. The fourth-order valence-electron chi connectivity index (χ4n) is 2.27.